The highest BCUT2D eigenvalue weighted by Gasteiger charge is 2.22. The summed E-state index contributed by atoms with van der Waals surface area (Å²) in [5.74, 6) is 0.418. The lowest BCUT2D eigenvalue weighted by Gasteiger charge is -2.20. The van der Waals surface area contributed by atoms with Crippen molar-refractivity contribution >= 4 is 5.91 Å². The molecule has 1 saturated heterocycles. The van der Waals surface area contributed by atoms with E-state index in [1.807, 2.05) is 15.8 Å². The monoisotopic (exact) mass is 316 g/mol. The highest BCUT2D eigenvalue weighted by Crippen LogP contribution is 2.13. The van der Waals surface area contributed by atoms with Crippen LogP contribution in [0.1, 0.15) is 42.4 Å². The van der Waals surface area contributed by atoms with Gasteiger partial charge in [-0.3, -0.25) is 14.4 Å². The van der Waals surface area contributed by atoms with Crippen molar-refractivity contribution in [1.29, 1.82) is 0 Å². The van der Waals surface area contributed by atoms with E-state index >= 15 is 0 Å². The molecule has 0 aromatic carbocycles. The smallest absolute Gasteiger partial charge is 0.289 e. The number of furan rings is 1. The molecular formula is C17H24N4O2. The topological polar surface area (TPSA) is 54.5 Å². The van der Waals surface area contributed by atoms with Crippen LogP contribution in [-0.4, -0.2) is 51.7 Å². The van der Waals surface area contributed by atoms with Crippen molar-refractivity contribution in [3.63, 3.8) is 0 Å². The Balaban J connectivity index is 1.56. The molecule has 1 aliphatic rings. The van der Waals surface area contributed by atoms with Crippen LogP contribution in [0.2, 0.25) is 0 Å². The molecule has 6 heteroatoms. The van der Waals surface area contributed by atoms with Gasteiger partial charge in [-0.25, -0.2) is 0 Å². The van der Waals surface area contributed by atoms with Crippen LogP contribution in [0.4, 0.5) is 0 Å². The minimum absolute atomic E-state index is 0.00974. The molecule has 2 aromatic rings. The lowest BCUT2D eigenvalue weighted by atomic mass is 10.3. The maximum atomic E-state index is 12.4. The van der Waals surface area contributed by atoms with Gasteiger partial charge in [0.25, 0.3) is 5.91 Å². The summed E-state index contributed by atoms with van der Waals surface area (Å²) in [6, 6.07) is 3.86. The molecule has 0 bridgehead atoms. The number of rotatable bonds is 4. The molecule has 3 heterocycles. The van der Waals surface area contributed by atoms with Gasteiger partial charge in [0.05, 0.1) is 12.5 Å². The van der Waals surface area contributed by atoms with Gasteiger partial charge in [-0.1, -0.05) is 0 Å². The van der Waals surface area contributed by atoms with E-state index in [9.17, 15) is 4.79 Å². The van der Waals surface area contributed by atoms with Gasteiger partial charge >= 0.3 is 0 Å². The number of carbonyl (C=O) groups excluding carboxylic acids is 1. The fraction of sp³-hybridized carbons (Fsp3) is 0.529. The normalized spacial score (nSPS) is 16.7. The highest BCUT2D eigenvalue weighted by molar-refractivity contribution is 5.91. The average molecular weight is 316 g/mol. The van der Waals surface area contributed by atoms with Crippen LogP contribution < -0.4 is 0 Å². The number of amides is 1. The standard InChI is InChI=1S/C17H24N4O2/c1-14(2)21-13-15(11-18-21)12-19-6-4-7-20(9-8-19)17(22)16-5-3-10-23-16/h3,5,10-11,13-14H,4,6-9,12H2,1-2H3. The van der Waals surface area contributed by atoms with Crippen LogP contribution in [0.25, 0.3) is 0 Å². The Morgan fingerprint density at radius 2 is 2.17 bits per heavy atom. The second-order valence-corrected chi connectivity index (χ2v) is 6.32. The van der Waals surface area contributed by atoms with Crippen molar-refractivity contribution in [1.82, 2.24) is 19.6 Å². The SMILES string of the molecule is CC(C)n1cc(CN2CCCN(C(=O)c3ccco3)CC2)cn1. The van der Waals surface area contributed by atoms with Crippen molar-refractivity contribution in [2.75, 3.05) is 26.2 Å². The molecule has 0 atom stereocenters. The molecule has 1 aliphatic heterocycles. The zero-order chi connectivity index (χ0) is 16.2. The maximum Gasteiger partial charge on any atom is 0.289 e. The third-order valence-electron chi connectivity index (χ3n) is 4.20. The van der Waals surface area contributed by atoms with E-state index in [0.29, 0.717) is 11.8 Å². The first-order valence-electron chi connectivity index (χ1n) is 8.21. The molecule has 1 amide bonds. The van der Waals surface area contributed by atoms with Crippen molar-refractivity contribution in [3.8, 4) is 0 Å². The molecule has 0 aliphatic carbocycles. The summed E-state index contributed by atoms with van der Waals surface area (Å²) in [7, 11) is 0. The number of aromatic nitrogens is 2. The molecule has 2 aromatic heterocycles. The van der Waals surface area contributed by atoms with Crippen LogP contribution in [0.15, 0.2) is 35.2 Å². The van der Waals surface area contributed by atoms with E-state index < -0.39 is 0 Å². The first-order valence-corrected chi connectivity index (χ1v) is 8.21. The van der Waals surface area contributed by atoms with Gasteiger partial charge in [0.2, 0.25) is 0 Å². The Hall–Kier alpha value is -2.08. The van der Waals surface area contributed by atoms with Crippen LogP contribution in [0, 0.1) is 0 Å². The minimum atomic E-state index is -0.00974. The van der Waals surface area contributed by atoms with Gasteiger partial charge in [0.1, 0.15) is 0 Å². The zero-order valence-corrected chi connectivity index (χ0v) is 13.8. The van der Waals surface area contributed by atoms with Gasteiger partial charge in [0, 0.05) is 50.5 Å². The molecule has 0 unspecified atom stereocenters. The molecule has 0 spiro atoms. The first kappa shape index (κ1) is 15.8. The summed E-state index contributed by atoms with van der Waals surface area (Å²) >= 11 is 0. The van der Waals surface area contributed by atoms with Crippen LogP contribution >= 0.6 is 0 Å². The Bertz CT molecular complexity index is 633. The van der Waals surface area contributed by atoms with Gasteiger partial charge in [-0.15, -0.1) is 0 Å². The molecule has 124 valence electrons. The Morgan fingerprint density at radius 1 is 1.30 bits per heavy atom. The van der Waals surface area contributed by atoms with Crippen molar-refractivity contribution < 1.29 is 9.21 Å². The summed E-state index contributed by atoms with van der Waals surface area (Å²) in [5, 5.41) is 4.39. The van der Waals surface area contributed by atoms with E-state index in [2.05, 4.69) is 30.0 Å². The maximum absolute atomic E-state index is 12.4. The quantitative estimate of drug-likeness (QED) is 0.869. The Kier molecular flexibility index (Phi) is 4.81. The average Bonchev–Trinajstić information content (AvgIpc) is 3.16. The largest absolute Gasteiger partial charge is 0.459 e. The van der Waals surface area contributed by atoms with Gasteiger partial charge in [-0.05, 0) is 32.4 Å². The Morgan fingerprint density at radius 3 is 2.87 bits per heavy atom. The second kappa shape index (κ2) is 7.00. The van der Waals surface area contributed by atoms with Crippen LogP contribution in [0.3, 0.4) is 0 Å². The third kappa shape index (κ3) is 3.82. The third-order valence-corrected chi connectivity index (χ3v) is 4.20. The molecule has 6 nitrogen and oxygen atoms in total. The van der Waals surface area contributed by atoms with E-state index in [1.54, 1.807) is 18.4 Å². The fourth-order valence-corrected chi connectivity index (χ4v) is 2.89. The second-order valence-electron chi connectivity index (χ2n) is 6.32. The number of hydrogen-bond acceptors (Lipinski definition) is 4. The number of carbonyl (C=O) groups is 1. The van der Waals surface area contributed by atoms with Crippen LogP contribution in [0.5, 0.6) is 0 Å². The first-order chi connectivity index (χ1) is 11.1. The molecule has 0 N–H and O–H groups in total. The summed E-state index contributed by atoms with van der Waals surface area (Å²) in [5.41, 5.74) is 1.23. The Labute approximate surface area is 136 Å². The number of hydrogen-bond donors (Lipinski definition) is 0. The summed E-state index contributed by atoms with van der Waals surface area (Å²) in [6.45, 7) is 8.52. The van der Waals surface area contributed by atoms with Crippen molar-refractivity contribution in [2.24, 2.45) is 0 Å². The predicted molar refractivity (Wildman–Crippen MR) is 87.1 cm³/mol. The molecule has 3 rings (SSSR count). The van der Waals surface area contributed by atoms with E-state index in [1.165, 1.54) is 5.56 Å². The fourth-order valence-electron chi connectivity index (χ4n) is 2.89. The predicted octanol–water partition coefficient (Wildman–Crippen LogP) is 2.41. The lowest BCUT2D eigenvalue weighted by molar-refractivity contribution is 0.0729. The molecule has 0 saturated carbocycles. The van der Waals surface area contributed by atoms with E-state index in [0.717, 1.165) is 39.1 Å². The van der Waals surface area contributed by atoms with Gasteiger partial charge in [-0.2, -0.15) is 5.10 Å². The summed E-state index contributed by atoms with van der Waals surface area (Å²) < 4.78 is 7.21. The van der Waals surface area contributed by atoms with E-state index in [4.69, 9.17) is 4.42 Å². The summed E-state index contributed by atoms with van der Waals surface area (Å²) in [6.07, 6.45) is 6.58. The summed E-state index contributed by atoms with van der Waals surface area (Å²) in [4.78, 5) is 16.6. The highest BCUT2D eigenvalue weighted by atomic mass is 16.3. The minimum Gasteiger partial charge on any atom is -0.459 e. The van der Waals surface area contributed by atoms with Crippen molar-refractivity contribution in [2.45, 2.75) is 32.9 Å². The lowest BCUT2D eigenvalue weighted by Crippen LogP contribution is -2.34. The van der Waals surface area contributed by atoms with E-state index in [-0.39, 0.29) is 5.91 Å². The molecule has 23 heavy (non-hydrogen) atoms. The number of nitrogens with zero attached hydrogens (tertiary/aromatic N) is 4. The molecular weight excluding hydrogens is 292 g/mol. The molecule has 1 fully saturated rings. The van der Waals surface area contributed by atoms with Crippen LogP contribution in [-0.2, 0) is 6.54 Å². The molecule has 0 radical (unpaired) electrons. The van der Waals surface area contributed by atoms with Crippen molar-refractivity contribution in [3.05, 3.63) is 42.1 Å². The zero-order valence-electron chi connectivity index (χ0n) is 13.8. The van der Waals surface area contributed by atoms with Gasteiger partial charge < -0.3 is 9.32 Å². The van der Waals surface area contributed by atoms with Gasteiger partial charge in [0.15, 0.2) is 5.76 Å².